The minimum atomic E-state index is -3.78. The molecule has 1 heterocycles. The van der Waals surface area contributed by atoms with Gasteiger partial charge in [-0.3, -0.25) is 9.05 Å². The Kier molecular flexibility index (Phi) is 15.4. The van der Waals surface area contributed by atoms with Gasteiger partial charge < -0.3 is 9.63 Å². The average Bonchev–Trinajstić information content (AvgIpc) is 2.99. The molecule has 1 aliphatic rings. The van der Waals surface area contributed by atoms with E-state index >= 15 is 0 Å². The summed E-state index contributed by atoms with van der Waals surface area (Å²) in [6, 6.07) is 0. The van der Waals surface area contributed by atoms with Gasteiger partial charge in [-0.1, -0.05) is 76.9 Å². The molecule has 0 radical (unpaired) electrons. The summed E-state index contributed by atoms with van der Waals surface area (Å²) in [5.41, 5.74) is 0. The minimum Gasteiger partial charge on any atom is -0.379 e. The second kappa shape index (κ2) is 16.7. The maximum absolute atomic E-state index is 11.1. The summed E-state index contributed by atoms with van der Waals surface area (Å²) in [7, 11) is -3.78. The Morgan fingerprint density at radius 1 is 0.926 bits per heavy atom. The lowest BCUT2D eigenvalue weighted by Gasteiger charge is -2.08. The highest BCUT2D eigenvalue weighted by Crippen LogP contribution is 2.49. The SMILES string of the molecule is CCCCCCCC/C=C/CCCCCCCCOCC1COP(=O)(O)O1. The standard InChI is InChI=1S/C21H41O5P/c1-2-3-4-5-6-7-8-9-10-11-12-13-14-15-16-17-18-24-19-21-20-25-27(22,23)26-21/h9-10,21H,2-8,11-20H2,1H3,(H,22,23)/b10-9+. The van der Waals surface area contributed by atoms with Crippen LogP contribution in [0.1, 0.15) is 96.8 Å². The van der Waals surface area contributed by atoms with Crippen molar-refractivity contribution in [2.24, 2.45) is 0 Å². The first-order valence-electron chi connectivity index (χ1n) is 11.0. The van der Waals surface area contributed by atoms with Gasteiger partial charge in [-0.25, -0.2) is 4.57 Å². The van der Waals surface area contributed by atoms with Crippen LogP contribution in [0.15, 0.2) is 12.2 Å². The molecule has 0 aromatic heterocycles. The summed E-state index contributed by atoms with van der Waals surface area (Å²) in [6.45, 7) is 3.41. The monoisotopic (exact) mass is 404 g/mol. The van der Waals surface area contributed by atoms with Crippen molar-refractivity contribution < 1.29 is 23.2 Å². The smallest absolute Gasteiger partial charge is 0.379 e. The normalized spacial score (nSPS) is 22.8. The van der Waals surface area contributed by atoms with Crippen LogP contribution in [0.4, 0.5) is 0 Å². The summed E-state index contributed by atoms with van der Waals surface area (Å²) < 4.78 is 26.0. The Labute approximate surface area is 166 Å². The molecule has 27 heavy (non-hydrogen) atoms. The maximum atomic E-state index is 11.1. The number of phosphoric ester groups is 1. The summed E-state index contributed by atoms with van der Waals surface area (Å²) in [5, 5.41) is 0. The molecule has 0 bridgehead atoms. The Morgan fingerprint density at radius 3 is 2.04 bits per heavy atom. The fraction of sp³-hybridized carbons (Fsp3) is 0.905. The predicted molar refractivity (Wildman–Crippen MR) is 111 cm³/mol. The molecule has 160 valence electrons. The molecule has 0 amide bonds. The second-order valence-corrected chi connectivity index (χ2v) is 8.91. The number of ether oxygens (including phenoxy) is 1. The van der Waals surface area contributed by atoms with E-state index in [4.69, 9.17) is 14.2 Å². The van der Waals surface area contributed by atoms with E-state index in [-0.39, 0.29) is 6.61 Å². The zero-order valence-corrected chi connectivity index (χ0v) is 18.2. The molecule has 1 rings (SSSR count). The highest BCUT2D eigenvalue weighted by atomic mass is 31.2. The molecule has 0 aromatic rings. The third-order valence-electron chi connectivity index (χ3n) is 4.81. The van der Waals surface area contributed by atoms with Gasteiger partial charge in [-0.15, -0.1) is 0 Å². The molecule has 1 fully saturated rings. The molecule has 5 nitrogen and oxygen atoms in total. The molecule has 2 unspecified atom stereocenters. The highest BCUT2D eigenvalue weighted by Gasteiger charge is 2.35. The lowest BCUT2D eigenvalue weighted by atomic mass is 10.1. The molecule has 1 aliphatic heterocycles. The molecule has 0 saturated carbocycles. The Morgan fingerprint density at radius 2 is 1.48 bits per heavy atom. The second-order valence-electron chi connectivity index (χ2n) is 7.50. The van der Waals surface area contributed by atoms with Gasteiger partial charge in [0.05, 0.1) is 13.2 Å². The van der Waals surface area contributed by atoms with Crippen LogP contribution in [0.25, 0.3) is 0 Å². The number of hydrogen-bond acceptors (Lipinski definition) is 4. The zero-order chi connectivity index (χ0) is 19.6. The van der Waals surface area contributed by atoms with Gasteiger partial charge in [0.1, 0.15) is 6.10 Å². The summed E-state index contributed by atoms with van der Waals surface area (Å²) >= 11 is 0. The predicted octanol–water partition coefficient (Wildman–Crippen LogP) is 6.56. The fourth-order valence-electron chi connectivity index (χ4n) is 3.17. The molecule has 2 atom stereocenters. The van der Waals surface area contributed by atoms with Crippen LogP contribution in [0.5, 0.6) is 0 Å². The summed E-state index contributed by atoms with van der Waals surface area (Å²) in [5.74, 6) is 0. The van der Waals surface area contributed by atoms with E-state index in [0.29, 0.717) is 13.2 Å². The van der Waals surface area contributed by atoms with Gasteiger partial charge in [0.15, 0.2) is 0 Å². The van der Waals surface area contributed by atoms with Crippen molar-refractivity contribution in [1.29, 1.82) is 0 Å². The molecule has 0 spiro atoms. The van der Waals surface area contributed by atoms with E-state index in [1.54, 1.807) is 0 Å². The van der Waals surface area contributed by atoms with Crippen LogP contribution >= 0.6 is 7.82 Å². The van der Waals surface area contributed by atoms with E-state index in [9.17, 15) is 4.57 Å². The van der Waals surface area contributed by atoms with Crippen molar-refractivity contribution >= 4 is 7.82 Å². The van der Waals surface area contributed by atoms with E-state index in [0.717, 1.165) is 6.42 Å². The molecule has 6 heteroatoms. The molecule has 0 aromatic carbocycles. The van der Waals surface area contributed by atoms with Crippen LogP contribution in [0.2, 0.25) is 0 Å². The number of rotatable bonds is 18. The maximum Gasteiger partial charge on any atom is 0.472 e. The van der Waals surface area contributed by atoms with Gasteiger partial charge >= 0.3 is 7.82 Å². The Bertz CT molecular complexity index is 413. The Balaban J connectivity index is 1.73. The van der Waals surface area contributed by atoms with Crippen LogP contribution in [-0.4, -0.2) is 30.8 Å². The zero-order valence-electron chi connectivity index (χ0n) is 17.3. The number of phosphoric acid groups is 1. The lowest BCUT2D eigenvalue weighted by Crippen LogP contribution is -2.17. The third-order valence-corrected chi connectivity index (χ3v) is 5.85. The molecule has 1 N–H and O–H groups in total. The van der Waals surface area contributed by atoms with Crippen LogP contribution in [-0.2, 0) is 18.3 Å². The van der Waals surface area contributed by atoms with E-state index in [2.05, 4.69) is 23.6 Å². The third kappa shape index (κ3) is 15.4. The van der Waals surface area contributed by atoms with Crippen molar-refractivity contribution in [3.8, 4) is 0 Å². The first kappa shape index (κ1) is 24.8. The average molecular weight is 405 g/mol. The topological polar surface area (TPSA) is 65.0 Å². The van der Waals surface area contributed by atoms with Gasteiger partial charge in [-0.05, 0) is 32.1 Å². The van der Waals surface area contributed by atoms with Gasteiger partial charge in [0.25, 0.3) is 0 Å². The number of unbranched alkanes of at least 4 members (excludes halogenated alkanes) is 12. The Hall–Kier alpha value is -0.190. The molecular formula is C21H41O5P. The van der Waals surface area contributed by atoms with E-state index < -0.39 is 13.9 Å². The first-order chi connectivity index (χ1) is 13.1. The van der Waals surface area contributed by atoms with Crippen LogP contribution in [0.3, 0.4) is 0 Å². The number of allylic oxidation sites excluding steroid dienone is 2. The van der Waals surface area contributed by atoms with Crippen molar-refractivity contribution in [2.45, 2.75) is 103 Å². The van der Waals surface area contributed by atoms with Crippen molar-refractivity contribution in [1.82, 2.24) is 0 Å². The van der Waals surface area contributed by atoms with Crippen molar-refractivity contribution in [3.05, 3.63) is 12.2 Å². The van der Waals surface area contributed by atoms with Crippen molar-refractivity contribution in [2.75, 3.05) is 19.8 Å². The molecule has 0 aliphatic carbocycles. The highest BCUT2D eigenvalue weighted by molar-refractivity contribution is 7.47. The minimum absolute atomic E-state index is 0.140. The van der Waals surface area contributed by atoms with E-state index in [1.165, 1.54) is 83.5 Å². The van der Waals surface area contributed by atoms with Crippen LogP contribution in [0, 0.1) is 0 Å². The number of hydrogen-bond donors (Lipinski definition) is 1. The quantitative estimate of drug-likeness (QED) is 0.159. The van der Waals surface area contributed by atoms with Gasteiger partial charge in [0.2, 0.25) is 0 Å². The van der Waals surface area contributed by atoms with Crippen LogP contribution < -0.4 is 0 Å². The van der Waals surface area contributed by atoms with Gasteiger partial charge in [0, 0.05) is 6.61 Å². The first-order valence-corrected chi connectivity index (χ1v) is 12.5. The van der Waals surface area contributed by atoms with E-state index in [1.807, 2.05) is 0 Å². The van der Waals surface area contributed by atoms with Crippen molar-refractivity contribution in [3.63, 3.8) is 0 Å². The largest absolute Gasteiger partial charge is 0.472 e. The summed E-state index contributed by atoms with van der Waals surface area (Å²) in [4.78, 5) is 9.07. The summed E-state index contributed by atoms with van der Waals surface area (Å²) in [6.07, 6.45) is 22.4. The molecule has 1 saturated heterocycles. The fourth-order valence-corrected chi connectivity index (χ4v) is 4.09. The van der Waals surface area contributed by atoms with Gasteiger partial charge in [-0.2, -0.15) is 0 Å². The lowest BCUT2D eigenvalue weighted by molar-refractivity contribution is 0.0554. The molecular weight excluding hydrogens is 363 g/mol.